The van der Waals surface area contributed by atoms with E-state index in [9.17, 15) is 9.59 Å². The van der Waals surface area contributed by atoms with Crippen molar-refractivity contribution in [3.63, 3.8) is 0 Å². The Morgan fingerprint density at radius 1 is 0.340 bits per heavy atom. The summed E-state index contributed by atoms with van der Waals surface area (Å²) in [6, 6.07) is 42.6. The number of rotatable bonds is 6. The monoisotopic (exact) mass is 648 g/mol. The summed E-state index contributed by atoms with van der Waals surface area (Å²) in [4.78, 5) is 28.2. The molecule has 0 N–H and O–H groups in total. The van der Waals surface area contributed by atoms with Crippen LogP contribution in [0.25, 0.3) is 44.5 Å². The zero-order chi connectivity index (χ0) is 34.4. The molecule has 0 unspecified atom stereocenters. The van der Waals surface area contributed by atoms with E-state index in [0.717, 1.165) is 47.9 Å². The second-order valence-corrected chi connectivity index (χ2v) is 14.4. The Morgan fingerprint density at radius 2 is 0.660 bits per heavy atom. The summed E-state index contributed by atoms with van der Waals surface area (Å²) in [5, 5.41) is 0. The lowest BCUT2D eigenvalue weighted by molar-refractivity contribution is 0.0979. The quantitative estimate of drug-likeness (QED) is 0.180. The standard InChI is InChI=1S/C48H40O2/c1-5-47(6-2)41-15-11-9-13-33(41)35-21-17-31(27-43(35)47)29-19-23-37-39(25-29)45(49)38-24-20-30(26-40(38)46(37)50)32-18-22-36-34-14-10-12-16-42(34)48(7-3,8-4)44(36)28-32/h9-28H,5-8H2,1-4H3. The van der Waals surface area contributed by atoms with Crippen LogP contribution < -0.4 is 0 Å². The highest BCUT2D eigenvalue weighted by Gasteiger charge is 2.42. The van der Waals surface area contributed by atoms with Gasteiger partial charge in [0.15, 0.2) is 11.6 Å². The average molecular weight is 649 g/mol. The van der Waals surface area contributed by atoms with E-state index in [1.54, 1.807) is 0 Å². The summed E-state index contributed by atoms with van der Waals surface area (Å²) in [5.74, 6) is -0.179. The van der Waals surface area contributed by atoms with Crippen LogP contribution in [-0.4, -0.2) is 11.6 Å². The van der Waals surface area contributed by atoms with E-state index >= 15 is 0 Å². The molecule has 244 valence electrons. The summed E-state index contributed by atoms with van der Waals surface area (Å²) >= 11 is 0. The van der Waals surface area contributed by atoms with E-state index in [-0.39, 0.29) is 22.4 Å². The van der Waals surface area contributed by atoms with E-state index in [1.807, 2.05) is 36.4 Å². The Balaban J connectivity index is 1.08. The van der Waals surface area contributed by atoms with Crippen LogP contribution >= 0.6 is 0 Å². The summed E-state index contributed by atoms with van der Waals surface area (Å²) in [5.41, 5.74) is 16.7. The van der Waals surface area contributed by atoms with Gasteiger partial charge < -0.3 is 0 Å². The molecular weight excluding hydrogens is 609 g/mol. The van der Waals surface area contributed by atoms with E-state index in [1.165, 1.54) is 44.5 Å². The highest BCUT2D eigenvalue weighted by molar-refractivity contribution is 6.29. The molecule has 0 spiro atoms. The van der Waals surface area contributed by atoms with E-state index in [2.05, 4.69) is 113 Å². The first-order valence-electron chi connectivity index (χ1n) is 18.3. The minimum absolute atomic E-state index is 0.0318. The van der Waals surface area contributed by atoms with Gasteiger partial charge in [-0.3, -0.25) is 9.59 Å². The second-order valence-electron chi connectivity index (χ2n) is 14.4. The minimum atomic E-state index is -0.0894. The predicted octanol–water partition coefficient (Wildman–Crippen LogP) is 12.0. The first-order valence-corrected chi connectivity index (χ1v) is 18.3. The highest BCUT2D eigenvalue weighted by atomic mass is 16.1. The van der Waals surface area contributed by atoms with Crippen LogP contribution in [0.5, 0.6) is 0 Å². The van der Waals surface area contributed by atoms with Crippen molar-refractivity contribution < 1.29 is 9.59 Å². The fourth-order valence-corrected chi connectivity index (χ4v) is 9.80. The number of hydrogen-bond donors (Lipinski definition) is 0. The van der Waals surface area contributed by atoms with Gasteiger partial charge in [0.1, 0.15) is 0 Å². The Bertz CT molecular complexity index is 2250. The van der Waals surface area contributed by atoms with Crippen molar-refractivity contribution in [1.29, 1.82) is 0 Å². The number of hydrogen-bond acceptors (Lipinski definition) is 2. The van der Waals surface area contributed by atoms with Gasteiger partial charge in [0.2, 0.25) is 0 Å². The van der Waals surface area contributed by atoms with Gasteiger partial charge >= 0.3 is 0 Å². The molecule has 0 saturated heterocycles. The second kappa shape index (κ2) is 11.1. The van der Waals surface area contributed by atoms with Crippen molar-refractivity contribution >= 4 is 11.6 Å². The number of fused-ring (bicyclic) bond motifs is 8. The molecule has 9 rings (SSSR count). The molecule has 0 atom stereocenters. The smallest absolute Gasteiger partial charge is 0.194 e. The van der Waals surface area contributed by atoms with Crippen LogP contribution in [0.15, 0.2) is 121 Å². The maximum atomic E-state index is 14.1. The highest BCUT2D eigenvalue weighted by Crippen LogP contribution is 2.55. The van der Waals surface area contributed by atoms with Crippen molar-refractivity contribution in [2.24, 2.45) is 0 Å². The van der Waals surface area contributed by atoms with Crippen molar-refractivity contribution in [1.82, 2.24) is 0 Å². The third kappa shape index (κ3) is 3.96. The number of carbonyl (C=O) groups excluding carboxylic acids is 2. The Kier molecular flexibility index (Phi) is 6.81. The number of carbonyl (C=O) groups is 2. The molecular formula is C48H40O2. The molecule has 2 nitrogen and oxygen atoms in total. The van der Waals surface area contributed by atoms with Crippen molar-refractivity contribution in [3.05, 3.63) is 166 Å². The van der Waals surface area contributed by atoms with Crippen LogP contribution in [0, 0.1) is 0 Å². The van der Waals surface area contributed by atoms with E-state index < -0.39 is 0 Å². The van der Waals surface area contributed by atoms with Gasteiger partial charge in [0.05, 0.1) is 0 Å². The van der Waals surface area contributed by atoms with E-state index in [0.29, 0.717) is 22.3 Å². The fourth-order valence-electron chi connectivity index (χ4n) is 9.80. The molecule has 0 radical (unpaired) electrons. The normalized spacial score (nSPS) is 15.5. The van der Waals surface area contributed by atoms with Gasteiger partial charge in [0.25, 0.3) is 0 Å². The molecule has 0 aliphatic heterocycles. The molecule has 2 heteroatoms. The molecule has 0 bridgehead atoms. The molecule has 0 fully saturated rings. The maximum absolute atomic E-state index is 14.1. The molecule has 0 amide bonds. The number of ketones is 2. The van der Waals surface area contributed by atoms with Crippen LogP contribution in [0.4, 0.5) is 0 Å². The van der Waals surface area contributed by atoms with Gasteiger partial charge in [-0.1, -0.05) is 113 Å². The van der Waals surface area contributed by atoms with Gasteiger partial charge in [-0.25, -0.2) is 0 Å². The van der Waals surface area contributed by atoms with E-state index in [4.69, 9.17) is 0 Å². The zero-order valence-electron chi connectivity index (χ0n) is 29.2. The molecule has 6 aromatic rings. The molecule has 50 heavy (non-hydrogen) atoms. The first-order chi connectivity index (χ1) is 24.4. The third-order valence-electron chi connectivity index (χ3n) is 12.6. The molecule has 3 aliphatic rings. The Morgan fingerprint density at radius 3 is 1.04 bits per heavy atom. The maximum Gasteiger partial charge on any atom is 0.194 e. The molecule has 0 aromatic heterocycles. The van der Waals surface area contributed by atoms with Crippen LogP contribution in [0.3, 0.4) is 0 Å². The van der Waals surface area contributed by atoms with Crippen molar-refractivity contribution in [2.75, 3.05) is 0 Å². The largest absolute Gasteiger partial charge is 0.289 e. The summed E-state index contributed by atoms with van der Waals surface area (Å²) < 4.78 is 0. The van der Waals surface area contributed by atoms with Gasteiger partial charge in [-0.15, -0.1) is 0 Å². The van der Waals surface area contributed by atoms with Crippen LogP contribution in [0.1, 0.15) is 107 Å². The molecule has 3 aliphatic carbocycles. The third-order valence-corrected chi connectivity index (χ3v) is 12.6. The molecule has 6 aromatic carbocycles. The van der Waals surface area contributed by atoms with Gasteiger partial charge in [0, 0.05) is 33.1 Å². The summed E-state index contributed by atoms with van der Waals surface area (Å²) in [7, 11) is 0. The van der Waals surface area contributed by atoms with Crippen molar-refractivity contribution in [3.8, 4) is 44.5 Å². The van der Waals surface area contributed by atoms with Crippen molar-refractivity contribution in [2.45, 2.75) is 64.2 Å². The van der Waals surface area contributed by atoms with Crippen LogP contribution in [0.2, 0.25) is 0 Å². The lowest BCUT2D eigenvalue weighted by Gasteiger charge is -2.30. The van der Waals surface area contributed by atoms with Crippen LogP contribution in [-0.2, 0) is 10.8 Å². The van der Waals surface area contributed by atoms with Gasteiger partial charge in [-0.05, 0) is 129 Å². The topological polar surface area (TPSA) is 34.1 Å². The Labute approximate surface area is 294 Å². The number of benzene rings is 6. The first kappa shape index (κ1) is 30.7. The zero-order valence-corrected chi connectivity index (χ0v) is 29.2. The molecule has 0 heterocycles. The lowest BCUT2D eigenvalue weighted by Crippen LogP contribution is -2.23. The summed E-state index contributed by atoms with van der Waals surface area (Å²) in [6.45, 7) is 9.12. The lowest BCUT2D eigenvalue weighted by atomic mass is 9.73. The molecule has 0 saturated carbocycles. The fraction of sp³-hybridized carbons (Fsp3) is 0.208. The SMILES string of the molecule is CCC1(CC)c2ccccc2-c2ccc(-c3ccc4c(c3)C(=O)c3ccc(-c5ccc6c(c5)C(CC)(CC)c5ccccc5-6)cc3C4=O)cc21. The summed E-state index contributed by atoms with van der Waals surface area (Å²) in [6.07, 6.45) is 4.07. The Hall–Kier alpha value is -5.34. The van der Waals surface area contributed by atoms with Gasteiger partial charge in [-0.2, -0.15) is 0 Å². The average Bonchev–Trinajstić information content (AvgIpc) is 3.63. The minimum Gasteiger partial charge on any atom is -0.289 e. The predicted molar refractivity (Wildman–Crippen MR) is 204 cm³/mol.